The Bertz CT molecular complexity index is 321. The van der Waals surface area contributed by atoms with Crippen LogP contribution in [0.15, 0.2) is 30.8 Å². The van der Waals surface area contributed by atoms with Crippen molar-refractivity contribution in [3.63, 3.8) is 0 Å². The second-order valence-electron chi connectivity index (χ2n) is 3.87. The van der Waals surface area contributed by atoms with E-state index >= 15 is 0 Å². The van der Waals surface area contributed by atoms with Crippen molar-refractivity contribution in [1.29, 1.82) is 0 Å². The third-order valence-electron chi connectivity index (χ3n) is 2.32. The average Bonchev–Trinajstić information content (AvgIpc) is 2.29. The van der Waals surface area contributed by atoms with Crippen LogP contribution in [0.3, 0.4) is 0 Å². The highest BCUT2D eigenvalue weighted by Crippen LogP contribution is 2.10. The summed E-state index contributed by atoms with van der Waals surface area (Å²) in [4.78, 5) is 0. The third kappa shape index (κ3) is 4.39. The molecule has 88 valence electrons. The first-order valence-electron chi connectivity index (χ1n) is 5.25. The topological polar surface area (TPSA) is 40.5 Å². The van der Waals surface area contributed by atoms with Gasteiger partial charge < -0.3 is 10.2 Å². The normalized spacial score (nSPS) is 14.4. The van der Waals surface area contributed by atoms with E-state index in [0.717, 1.165) is 11.3 Å². The molecule has 2 N–H and O–H groups in total. The first-order chi connectivity index (χ1) is 7.65. The van der Waals surface area contributed by atoms with Crippen LogP contribution >= 0.6 is 0 Å². The van der Waals surface area contributed by atoms with Gasteiger partial charge in [-0.15, -0.1) is 0 Å². The van der Waals surface area contributed by atoms with Crippen LogP contribution in [0.25, 0.3) is 6.08 Å². The molecule has 2 unspecified atom stereocenters. The number of hydrogen-bond acceptors (Lipinski definition) is 2. The van der Waals surface area contributed by atoms with Crippen LogP contribution in [-0.4, -0.2) is 34.9 Å². The summed E-state index contributed by atoms with van der Waals surface area (Å²) in [5.41, 5.74) is 2.39. The summed E-state index contributed by atoms with van der Waals surface area (Å²) in [6.07, 6.45) is 3.35. The molecule has 2 nitrogen and oxygen atoms in total. The lowest BCUT2D eigenvalue weighted by Crippen LogP contribution is -2.24. The molecular weight excluding hydrogens is 220 g/mol. The lowest BCUT2D eigenvalue weighted by molar-refractivity contribution is 0.113. The lowest BCUT2D eigenvalue weighted by Gasteiger charge is -2.07. The van der Waals surface area contributed by atoms with E-state index in [2.05, 4.69) is 25.0 Å². The van der Waals surface area contributed by atoms with Crippen LogP contribution in [0.4, 0.5) is 0 Å². The summed E-state index contributed by atoms with van der Waals surface area (Å²) in [6.45, 7) is 3.57. The monoisotopic (exact) mass is 239 g/mol. The van der Waals surface area contributed by atoms with Crippen molar-refractivity contribution in [3.05, 3.63) is 42.0 Å². The van der Waals surface area contributed by atoms with Crippen molar-refractivity contribution in [1.82, 2.24) is 0 Å². The van der Waals surface area contributed by atoms with Gasteiger partial charge in [-0.2, -0.15) is 0 Å². The van der Waals surface area contributed by atoms with Gasteiger partial charge in [-0.3, -0.25) is 0 Å². The van der Waals surface area contributed by atoms with Gasteiger partial charge in [0.25, 0.3) is 0 Å². The Labute approximate surface area is 100.0 Å². The van der Waals surface area contributed by atoms with E-state index in [-0.39, 0.29) is 17.5 Å². The summed E-state index contributed by atoms with van der Waals surface area (Å²) < 4.78 is 0. The summed E-state index contributed by atoms with van der Waals surface area (Å²) in [6, 6.07) is 8.27. The Morgan fingerprint density at radius 1 is 1.38 bits per heavy atom. The zero-order valence-electron chi connectivity index (χ0n) is 9.60. The van der Waals surface area contributed by atoms with Crippen LogP contribution in [0, 0.1) is 0 Å². The molecule has 0 bridgehead atoms. The number of aliphatic hydroxyl groups is 2. The average molecular weight is 239 g/mol. The van der Waals surface area contributed by atoms with E-state index in [1.54, 1.807) is 0 Å². The maximum Gasteiger partial charge on any atom is 0.136 e. The van der Waals surface area contributed by atoms with E-state index in [1.165, 1.54) is 5.56 Å². The Morgan fingerprint density at radius 2 is 2.00 bits per heavy atom. The Morgan fingerprint density at radius 3 is 2.50 bits per heavy atom. The molecule has 1 aromatic carbocycles. The fraction of sp³-hybridized carbons (Fsp3) is 0.385. The second-order valence-corrected chi connectivity index (χ2v) is 6.06. The molecule has 0 heterocycles. The Hall–Kier alpha value is -0.770. The van der Waals surface area contributed by atoms with Gasteiger partial charge in [0, 0.05) is 5.56 Å². The predicted molar refractivity (Wildman–Crippen MR) is 71.5 cm³/mol. The molecule has 0 aromatic heterocycles. The van der Waals surface area contributed by atoms with Crippen molar-refractivity contribution in [2.75, 3.05) is 18.6 Å². The molecule has 0 amide bonds. The minimum absolute atomic E-state index is 0.105. The van der Waals surface area contributed by atoms with Crippen molar-refractivity contribution in [3.8, 4) is 0 Å². The van der Waals surface area contributed by atoms with Crippen LogP contribution in [0.1, 0.15) is 11.1 Å². The van der Waals surface area contributed by atoms with Crippen molar-refractivity contribution in [2.45, 2.75) is 11.9 Å². The molecule has 0 spiro atoms. The molecule has 0 aliphatic carbocycles. The number of benzene rings is 1. The largest absolute Gasteiger partial charge is 0.393 e. The van der Waals surface area contributed by atoms with E-state index in [9.17, 15) is 5.11 Å². The lowest BCUT2D eigenvalue weighted by atomic mass is 10.1. The van der Waals surface area contributed by atoms with E-state index in [0.29, 0.717) is 5.75 Å². The molecule has 0 saturated heterocycles. The fourth-order valence-corrected chi connectivity index (χ4v) is 3.12. The first-order valence-corrected chi connectivity index (χ1v) is 7.22. The second kappa shape index (κ2) is 6.74. The van der Waals surface area contributed by atoms with Crippen molar-refractivity contribution >= 4 is 17.0 Å². The molecule has 3 heteroatoms. The molecule has 0 radical (unpaired) electrons. The molecule has 0 aliphatic heterocycles. The van der Waals surface area contributed by atoms with Gasteiger partial charge >= 0.3 is 0 Å². The van der Waals surface area contributed by atoms with Gasteiger partial charge in [0.15, 0.2) is 0 Å². The third-order valence-corrected chi connectivity index (χ3v) is 4.10. The SMILES string of the molecule is C=Cc1ccc(C[S+](C)CC(O)CO)cc1. The van der Waals surface area contributed by atoms with Crippen molar-refractivity contribution in [2.24, 2.45) is 0 Å². The zero-order chi connectivity index (χ0) is 12.0. The molecule has 2 atom stereocenters. The van der Waals surface area contributed by atoms with Crippen LogP contribution in [0.2, 0.25) is 0 Å². The van der Waals surface area contributed by atoms with Crippen LogP contribution < -0.4 is 0 Å². The molecule has 0 fully saturated rings. The molecular formula is C13H19O2S+. The molecule has 0 saturated carbocycles. The summed E-state index contributed by atoms with van der Waals surface area (Å²) >= 11 is 0. The van der Waals surface area contributed by atoms with E-state index in [4.69, 9.17) is 5.11 Å². The molecule has 16 heavy (non-hydrogen) atoms. The van der Waals surface area contributed by atoms with Gasteiger partial charge in [-0.1, -0.05) is 36.9 Å². The van der Waals surface area contributed by atoms with Crippen LogP contribution in [0.5, 0.6) is 0 Å². The van der Waals surface area contributed by atoms with Gasteiger partial charge in [-0.05, 0) is 16.5 Å². The minimum atomic E-state index is -0.583. The molecule has 1 rings (SSSR count). The zero-order valence-corrected chi connectivity index (χ0v) is 10.4. The van der Waals surface area contributed by atoms with E-state index in [1.807, 2.05) is 18.2 Å². The maximum absolute atomic E-state index is 9.33. The van der Waals surface area contributed by atoms with Gasteiger partial charge in [-0.25, -0.2) is 0 Å². The first kappa shape index (κ1) is 13.3. The fourth-order valence-electron chi connectivity index (χ4n) is 1.47. The minimum Gasteiger partial charge on any atom is -0.393 e. The quantitative estimate of drug-likeness (QED) is 0.737. The molecule has 0 aliphatic rings. The number of rotatable bonds is 6. The van der Waals surface area contributed by atoms with Gasteiger partial charge in [0.2, 0.25) is 0 Å². The highest BCUT2D eigenvalue weighted by molar-refractivity contribution is 7.95. The molecule has 1 aromatic rings. The standard InChI is InChI=1S/C13H19O2S/c1-3-11-4-6-12(7-5-11)9-16(2)10-13(15)8-14/h3-7,13-15H,1,8-10H2,2H3/q+1. The van der Waals surface area contributed by atoms with Crippen LogP contribution in [-0.2, 0) is 16.6 Å². The summed E-state index contributed by atoms with van der Waals surface area (Å²) in [5, 5.41) is 18.1. The Kier molecular flexibility index (Phi) is 5.60. The smallest absolute Gasteiger partial charge is 0.136 e. The van der Waals surface area contributed by atoms with Gasteiger partial charge in [0.1, 0.15) is 17.6 Å². The van der Waals surface area contributed by atoms with Crippen molar-refractivity contribution < 1.29 is 10.2 Å². The number of hydrogen-bond donors (Lipinski definition) is 2. The summed E-state index contributed by atoms with van der Waals surface area (Å²) in [5.74, 6) is 1.62. The highest BCUT2D eigenvalue weighted by Gasteiger charge is 2.17. The predicted octanol–water partition coefficient (Wildman–Crippen LogP) is 1.43. The summed E-state index contributed by atoms with van der Waals surface area (Å²) in [7, 11) is 0.105. The highest BCUT2D eigenvalue weighted by atomic mass is 32.2. The Balaban J connectivity index is 2.49. The number of aliphatic hydroxyl groups excluding tert-OH is 2. The van der Waals surface area contributed by atoms with E-state index < -0.39 is 6.10 Å². The maximum atomic E-state index is 9.33. The van der Waals surface area contributed by atoms with Gasteiger partial charge in [0.05, 0.1) is 12.9 Å².